The fourth-order valence-electron chi connectivity index (χ4n) is 1.76. The minimum absolute atomic E-state index is 0.0365. The van der Waals surface area contributed by atoms with Gasteiger partial charge >= 0.3 is 0 Å². The summed E-state index contributed by atoms with van der Waals surface area (Å²) in [6.07, 6.45) is 2.94. The highest BCUT2D eigenvalue weighted by atomic mass is 35.7. The Morgan fingerprint density at radius 3 is 2.89 bits per heavy atom. The van der Waals surface area contributed by atoms with Gasteiger partial charge in [-0.2, -0.15) is 0 Å². The van der Waals surface area contributed by atoms with Crippen molar-refractivity contribution in [2.45, 2.75) is 23.8 Å². The highest BCUT2D eigenvalue weighted by molar-refractivity contribution is 8.13. The molecule has 0 aliphatic carbocycles. The first-order chi connectivity index (χ1) is 8.47. The second-order valence-electron chi connectivity index (χ2n) is 4.07. The summed E-state index contributed by atoms with van der Waals surface area (Å²) in [4.78, 5) is 14.3. The molecule has 1 saturated heterocycles. The van der Waals surface area contributed by atoms with Gasteiger partial charge in [-0.1, -0.05) is 0 Å². The number of nitrogens with one attached hydrogen (secondary N) is 2. The van der Waals surface area contributed by atoms with E-state index in [1.54, 1.807) is 0 Å². The number of carbonyl (C=O) groups is 1. The van der Waals surface area contributed by atoms with Crippen molar-refractivity contribution in [3.05, 3.63) is 18.0 Å². The third-order valence-corrected chi connectivity index (χ3v) is 4.01. The summed E-state index contributed by atoms with van der Waals surface area (Å²) < 4.78 is 27.3. The molecule has 2 N–H and O–H groups in total. The molecule has 2 rings (SSSR count). The second-order valence-corrected chi connectivity index (χ2v) is 6.64. The number of hydrogen-bond acceptors (Lipinski definition) is 4. The molecule has 1 aliphatic heterocycles. The lowest BCUT2D eigenvalue weighted by Gasteiger charge is -2.22. The van der Waals surface area contributed by atoms with Crippen molar-refractivity contribution in [3.8, 4) is 0 Å². The molecule has 0 aromatic carbocycles. The summed E-state index contributed by atoms with van der Waals surface area (Å²) >= 11 is 0. The first-order valence-corrected chi connectivity index (χ1v) is 7.79. The Morgan fingerprint density at radius 2 is 2.33 bits per heavy atom. The number of carbonyl (C=O) groups excluding carboxylic acids is 1. The number of aromatic amines is 1. The Labute approximate surface area is 109 Å². The second kappa shape index (κ2) is 5.29. The molecule has 0 bridgehead atoms. The Bertz CT molecular complexity index is 534. The molecule has 1 aromatic rings. The molecule has 0 radical (unpaired) electrons. The zero-order valence-corrected chi connectivity index (χ0v) is 11.1. The predicted molar refractivity (Wildman–Crippen MR) is 65.1 cm³/mol. The van der Waals surface area contributed by atoms with Gasteiger partial charge in [0.1, 0.15) is 10.6 Å². The average molecular weight is 293 g/mol. The normalized spacial score (nSPS) is 20.6. The van der Waals surface area contributed by atoms with Gasteiger partial charge in [0.05, 0.1) is 12.6 Å². The summed E-state index contributed by atoms with van der Waals surface area (Å²) in [5.74, 6) is -0.364. The van der Waals surface area contributed by atoms with Gasteiger partial charge in [0.2, 0.25) is 0 Å². The van der Waals surface area contributed by atoms with Crippen LogP contribution in [0.4, 0.5) is 0 Å². The monoisotopic (exact) mass is 292 g/mol. The average Bonchev–Trinajstić information content (AvgIpc) is 2.79. The van der Waals surface area contributed by atoms with E-state index in [1.807, 2.05) is 0 Å². The highest BCUT2D eigenvalue weighted by Crippen LogP contribution is 2.16. The van der Waals surface area contributed by atoms with Crippen LogP contribution in [0.25, 0.3) is 0 Å². The SMILES string of the molecule is O=C(NC1CCCOC1)c1cc(S(=O)(=O)Cl)c[nH]1. The Kier molecular flexibility index (Phi) is 3.94. The Hall–Kier alpha value is -1.05. The molecular formula is C10H13ClN2O4S. The maximum atomic E-state index is 11.8. The van der Waals surface area contributed by atoms with Crippen LogP contribution in [0.3, 0.4) is 0 Å². The maximum absolute atomic E-state index is 11.8. The van der Waals surface area contributed by atoms with Crippen LogP contribution >= 0.6 is 10.7 Å². The minimum Gasteiger partial charge on any atom is -0.379 e. The molecule has 1 fully saturated rings. The van der Waals surface area contributed by atoms with Crippen LogP contribution in [0.15, 0.2) is 17.2 Å². The van der Waals surface area contributed by atoms with Crippen LogP contribution < -0.4 is 5.32 Å². The Morgan fingerprint density at radius 1 is 1.56 bits per heavy atom. The van der Waals surface area contributed by atoms with Gasteiger partial charge in [-0.3, -0.25) is 4.79 Å². The quantitative estimate of drug-likeness (QED) is 0.809. The first-order valence-electron chi connectivity index (χ1n) is 5.48. The molecular weight excluding hydrogens is 280 g/mol. The van der Waals surface area contributed by atoms with Crippen molar-refractivity contribution < 1.29 is 17.9 Å². The summed E-state index contributed by atoms with van der Waals surface area (Å²) in [7, 11) is 1.36. The largest absolute Gasteiger partial charge is 0.379 e. The summed E-state index contributed by atoms with van der Waals surface area (Å²) in [5, 5.41) is 2.77. The number of halogens is 1. The fraction of sp³-hybridized carbons (Fsp3) is 0.500. The van der Waals surface area contributed by atoms with Gasteiger partial charge in [-0.05, 0) is 18.9 Å². The van der Waals surface area contributed by atoms with E-state index < -0.39 is 9.05 Å². The van der Waals surface area contributed by atoms with Crippen molar-refractivity contribution in [2.24, 2.45) is 0 Å². The molecule has 8 heteroatoms. The number of aromatic nitrogens is 1. The molecule has 1 aliphatic rings. The molecule has 1 aromatic heterocycles. The van der Waals surface area contributed by atoms with Crippen LogP contribution in [0, 0.1) is 0 Å². The number of ether oxygens (including phenoxy) is 1. The van der Waals surface area contributed by atoms with Gasteiger partial charge in [-0.25, -0.2) is 8.42 Å². The van der Waals surface area contributed by atoms with E-state index in [0.29, 0.717) is 13.2 Å². The number of rotatable bonds is 3. The molecule has 1 unspecified atom stereocenters. The van der Waals surface area contributed by atoms with E-state index in [2.05, 4.69) is 10.3 Å². The van der Waals surface area contributed by atoms with E-state index in [-0.39, 0.29) is 22.5 Å². The summed E-state index contributed by atoms with van der Waals surface area (Å²) in [5.41, 5.74) is 0.166. The molecule has 1 amide bonds. The van der Waals surface area contributed by atoms with Gasteiger partial charge in [-0.15, -0.1) is 0 Å². The van der Waals surface area contributed by atoms with Crippen LogP contribution in [0.1, 0.15) is 23.3 Å². The van der Waals surface area contributed by atoms with E-state index >= 15 is 0 Å². The Balaban J connectivity index is 2.02. The number of hydrogen-bond donors (Lipinski definition) is 2. The molecule has 0 saturated carbocycles. The van der Waals surface area contributed by atoms with Crippen LogP contribution in [0.5, 0.6) is 0 Å². The lowest BCUT2D eigenvalue weighted by atomic mass is 10.1. The molecule has 0 spiro atoms. The van der Waals surface area contributed by atoms with Crippen LogP contribution in [-0.4, -0.2) is 38.6 Å². The van der Waals surface area contributed by atoms with E-state index in [4.69, 9.17) is 15.4 Å². The van der Waals surface area contributed by atoms with Gasteiger partial charge in [0.25, 0.3) is 15.0 Å². The third-order valence-electron chi connectivity index (χ3n) is 2.68. The fourth-order valence-corrected chi connectivity index (χ4v) is 2.49. The van der Waals surface area contributed by atoms with Crippen LogP contribution in [-0.2, 0) is 13.8 Å². The third kappa shape index (κ3) is 3.24. The standard InChI is InChI=1S/C10H13ClN2O4S/c11-18(15,16)8-4-9(12-5-8)10(14)13-7-2-1-3-17-6-7/h4-5,7,12H,1-3,6H2,(H,13,14). The topological polar surface area (TPSA) is 88.3 Å². The first kappa shape index (κ1) is 13.4. The van der Waals surface area contributed by atoms with Gasteiger partial charge in [0.15, 0.2) is 0 Å². The van der Waals surface area contributed by atoms with Gasteiger partial charge in [0, 0.05) is 23.5 Å². The van der Waals surface area contributed by atoms with Crippen molar-refractivity contribution in [1.82, 2.24) is 10.3 Å². The molecule has 18 heavy (non-hydrogen) atoms. The lowest BCUT2D eigenvalue weighted by Crippen LogP contribution is -2.40. The van der Waals surface area contributed by atoms with E-state index in [0.717, 1.165) is 12.8 Å². The summed E-state index contributed by atoms with van der Waals surface area (Å²) in [6, 6.07) is 1.17. The van der Waals surface area contributed by atoms with E-state index in [9.17, 15) is 13.2 Å². The predicted octanol–water partition coefficient (Wildman–Crippen LogP) is 0.851. The minimum atomic E-state index is -3.81. The number of H-pyrrole nitrogens is 1. The lowest BCUT2D eigenvalue weighted by molar-refractivity contribution is 0.0622. The molecule has 1 atom stereocenters. The molecule has 6 nitrogen and oxygen atoms in total. The van der Waals surface area contributed by atoms with Crippen LogP contribution in [0.2, 0.25) is 0 Å². The highest BCUT2D eigenvalue weighted by Gasteiger charge is 2.20. The molecule has 100 valence electrons. The smallest absolute Gasteiger partial charge is 0.268 e. The summed E-state index contributed by atoms with van der Waals surface area (Å²) in [6.45, 7) is 1.19. The molecule has 2 heterocycles. The maximum Gasteiger partial charge on any atom is 0.268 e. The zero-order valence-electron chi connectivity index (χ0n) is 9.48. The van der Waals surface area contributed by atoms with E-state index in [1.165, 1.54) is 12.3 Å². The van der Waals surface area contributed by atoms with Gasteiger partial charge < -0.3 is 15.0 Å². The van der Waals surface area contributed by atoms with Crippen molar-refractivity contribution >= 4 is 25.6 Å². The zero-order chi connectivity index (χ0) is 13.2. The van der Waals surface area contributed by atoms with Crippen molar-refractivity contribution in [2.75, 3.05) is 13.2 Å². The van der Waals surface area contributed by atoms with Crippen molar-refractivity contribution in [3.63, 3.8) is 0 Å². The van der Waals surface area contributed by atoms with Crippen molar-refractivity contribution in [1.29, 1.82) is 0 Å². The number of amides is 1.